The monoisotopic (exact) mass is 701 g/mol. The van der Waals surface area contributed by atoms with E-state index in [1.54, 1.807) is 25.2 Å². The maximum atomic E-state index is 11.8. The van der Waals surface area contributed by atoms with Crippen LogP contribution < -0.4 is 0 Å². The average molecular weight is 702 g/mol. The fourth-order valence-electron chi connectivity index (χ4n) is 5.52. The SMILES string of the molecule is CCOC(=O)C(Cc1ccc2[nH]ccc2c1)OCC.CCOC(Cc1ccc2c(ccn2Cc2csc(-c3ccc(Cl)cc3)n2)c1)C(=O)O. The van der Waals surface area contributed by atoms with E-state index in [4.69, 9.17) is 30.8 Å². The number of H-pyrrole nitrogens is 1. The van der Waals surface area contributed by atoms with Crippen LogP contribution in [0.15, 0.2) is 90.6 Å². The van der Waals surface area contributed by atoms with Crippen molar-refractivity contribution >= 4 is 56.7 Å². The summed E-state index contributed by atoms with van der Waals surface area (Å²) in [6.07, 6.45) is 3.47. The molecule has 2 N–H and O–H groups in total. The number of hydrogen-bond donors (Lipinski definition) is 2. The van der Waals surface area contributed by atoms with Crippen LogP contribution in [-0.4, -0.2) is 63.6 Å². The molecule has 256 valence electrons. The van der Waals surface area contributed by atoms with Crippen molar-refractivity contribution in [1.29, 1.82) is 0 Å². The van der Waals surface area contributed by atoms with Gasteiger partial charge < -0.3 is 28.9 Å². The number of carbonyl (C=O) groups excluding carboxylic acids is 1. The molecular formula is C38H40ClN3O6S. The molecule has 3 aromatic heterocycles. The molecule has 3 heterocycles. The number of hydrogen-bond acceptors (Lipinski definition) is 7. The highest BCUT2D eigenvalue weighted by molar-refractivity contribution is 7.13. The number of halogens is 1. The summed E-state index contributed by atoms with van der Waals surface area (Å²) in [4.78, 5) is 31.0. The minimum atomic E-state index is -0.936. The Labute approximate surface area is 294 Å². The zero-order chi connectivity index (χ0) is 34.8. The molecule has 0 radical (unpaired) electrons. The first-order valence-electron chi connectivity index (χ1n) is 16.2. The summed E-state index contributed by atoms with van der Waals surface area (Å²) in [5.41, 5.74) is 6.24. The van der Waals surface area contributed by atoms with Gasteiger partial charge in [0.2, 0.25) is 0 Å². The van der Waals surface area contributed by atoms with Crippen LogP contribution in [0.5, 0.6) is 0 Å². The molecule has 6 aromatic rings. The maximum absolute atomic E-state index is 11.8. The summed E-state index contributed by atoms with van der Waals surface area (Å²) in [5, 5.41) is 15.3. The third kappa shape index (κ3) is 9.57. The van der Waals surface area contributed by atoms with Crippen molar-refractivity contribution < 1.29 is 28.9 Å². The van der Waals surface area contributed by atoms with Crippen LogP contribution in [0.2, 0.25) is 5.02 Å². The molecule has 0 aliphatic heterocycles. The Morgan fingerprint density at radius 1 is 0.878 bits per heavy atom. The highest BCUT2D eigenvalue weighted by atomic mass is 35.5. The second kappa shape index (κ2) is 17.3. The van der Waals surface area contributed by atoms with E-state index in [-0.39, 0.29) is 5.97 Å². The molecule has 2 atom stereocenters. The number of nitrogens with zero attached hydrogens (tertiary/aromatic N) is 2. The number of fused-ring (bicyclic) bond motifs is 2. The summed E-state index contributed by atoms with van der Waals surface area (Å²) < 4.78 is 18.0. The molecule has 0 aliphatic rings. The highest BCUT2D eigenvalue weighted by Crippen LogP contribution is 2.27. The van der Waals surface area contributed by atoms with Gasteiger partial charge in [-0.3, -0.25) is 0 Å². The Morgan fingerprint density at radius 2 is 1.57 bits per heavy atom. The second-order valence-electron chi connectivity index (χ2n) is 11.3. The number of ether oxygens (including phenoxy) is 3. The zero-order valence-electron chi connectivity index (χ0n) is 27.7. The predicted molar refractivity (Wildman–Crippen MR) is 194 cm³/mol. The number of aromatic amines is 1. The minimum absolute atomic E-state index is 0.293. The Morgan fingerprint density at radius 3 is 2.29 bits per heavy atom. The van der Waals surface area contributed by atoms with E-state index in [9.17, 15) is 14.7 Å². The predicted octanol–water partition coefficient (Wildman–Crippen LogP) is 8.18. The Hall–Kier alpha value is -4.48. The van der Waals surface area contributed by atoms with Crippen molar-refractivity contribution in [2.75, 3.05) is 19.8 Å². The Kier molecular flexibility index (Phi) is 12.6. The third-order valence-electron chi connectivity index (χ3n) is 7.83. The van der Waals surface area contributed by atoms with Crippen molar-refractivity contribution in [1.82, 2.24) is 14.5 Å². The summed E-state index contributed by atoms with van der Waals surface area (Å²) in [7, 11) is 0. The Balaban J connectivity index is 0.000000212. The normalized spacial score (nSPS) is 12.4. The maximum Gasteiger partial charge on any atom is 0.335 e. The van der Waals surface area contributed by atoms with Crippen LogP contribution in [-0.2, 0) is 43.2 Å². The highest BCUT2D eigenvalue weighted by Gasteiger charge is 2.21. The number of carbonyl (C=O) groups is 2. The fraction of sp³-hybridized carbons (Fsp3) is 0.289. The van der Waals surface area contributed by atoms with Crippen molar-refractivity contribution in [3.63, 3.8) is 0 Å². The molecule has 11 heteroatoms. The zero-order valence-corrected chi connectivity index (χ0v) is 29.3. The standard InChI is InChI=1S/C23H21ClN2O3S.C15H19NO3/c1-2-29-21(23(27)28)12-15-3-8-20-17(11-15)9-10-26(20)13-19-14-30-22(25-19)16-4-6-18(24)7-5-16;1-3-18-14(15(17)19-4-2)10-11-5-6-13-12(9-11)7-8-16-13/h3-11,14,21H,2,12-13H2,1H3,(H,27,28);5-9,14,16H,3-4,10H2,1-2H3. The minimum Gasteiger partial charge on any atom is -0.479 e. The lowest BCUT2D eigenvalue weighted by atomic mass is 10.1. The average Bonchev–Trinajstić information content (AvgIpc) is 3.85. The molecule has 0 aliphatic carbocycles. The van der Waals surface area contributed by atoms with Gasteiger partial charge in [-0.15, -0.1) is 11.3 Å². The number of carboxylic acid groups (broad SMARTS) is 1. The number of thiazole rings is 1. The van der Waals surface area contributed by atoms with Gasteiger partial charge in [-0.05, 0) is 91.2 Å². The van der Waals surface area contributed by atoms with Gasteiger partial charge >= 0.3 is 11.9 Å². The number of nitrogens with one attached hydrogen (secondary N) is 1. The van der Waals surface area contributed by atoms with Crippen molar-refractivity contribution in [3.8, 4) is 10.6 Å². The van der Waals surface area contributed by atoms with E-state index < -0.39 is 18.2 Å². The quantitative estimate of drug-likeness (QED) is 0.110. The molecule has 6 rings (SSSR count). The number of benzene rings is 3. The molecule has 49 heavy (non-hydrogen) atoms. The van der Waals surface area contributed by atoms with E-state index in [0.29, 0.717) is 44.2 Å². The van der Waals surface area contributed by atoms with Gasteiger partial charge in [0.1, 0.15) is 5.01 Å². The molecule has 3 aromatic carbocycles. The van der Waals surface area contributed by atoms with Crippen molar-refractivity contribution in [2.45, 2.75) is 52.4 Å². The largest absolute Gasteiger partial charge is 0.479 e. The summed E-state index contributed by atoms with van der Waals surface area (Å²) in [6.45, 7) is 7.39. The summed E-state index contributed by atoms with van der Waals surface area (Å²) in [5.74, 6) is -1.23. The van der Waals surface area contributed by atoms with Crippen LogP contribution in [0.1, 0.15) is 37.6 Å². The van der Waals surface area contributed by atoms with Gasteiger partial charge in [-0.1, -0.05) is 35.9 Å². The molecule has 2 unspecified atom stereocenters. The lowest BCUT2D eigenvalue weighted by molar-refractivity contribution is -0.156. The topological polar surface area (TPSA) is 116 Å². The molecule has 0 bridgehead atoms. The number of esters is 1. The molecular weight excluding hydrogens is 662 g/mol. The summed E-state index contributed by atoms with van der Waals surface area (Å²) in [6, 6.07) is 23.9. The molecule has 0 amide bonds. The van der Waals surface area contributed by atoms with E-state index in [1.165, 1.54) is 0 Å². The van der Waals surface area contributed by atoms with Crippen LogP contribution in [0.4, 0.5) is 0 Å². The third-order valence-corrected chi connectivity index (χ3v) is 9.02. The Bertz CT molecular complexity index is 1980. The number of aliphatic carboxylic acids is 1. The lowest BCUT2D eigenvalue weighted by Crippen LogP contribution is -2.28. The van der Waals surface area contributed by atoms with Gasteiger partial charge in [0.05, 0.1) is 18.8 Å². The van der Waals surface area contributed by atoms with Crippen LogP contribution in [0, 0.1) is 0 Å². The molecule has 0 spiro atoms. The number of rotatable bonds is 14. The van der Waals surface area contributed by atoms with E-state index >= 15 is 0 Å². The fourth-order valence-corrected chi connectivity index (χ4v) is 6.46. The number of carboxylic acids is 1. The van der Waals surface area contributed by atoms with Crippen LogP contribution in [0.3, 0.4) is 0 Å². The van der Waals surface area contributed by atoms with Crippen LogP contribution in [0.25, 0.3) is 32.4 Å². The smallest absolute Gasteiger partial charge is 0.335 e. The van der Waals surface area contributed by atoms with E-state index in [1.807, 2.05) is 86.0 Å². The molecule has 9 nitrogen and oxygen atoms in total. The van der Waals surface area contributed by atoms with Crippen molar-refractivity contribution in [2.24, 2.45) is 0 Å². The summed E-state index contributed by atoms with van der Waals surface area (Å²) >= 11 is 7.58. The lowest BCUT2D eigenvalue weighted by Gasteiger charge is -2.15. The van der Waals surface area contributed by atoms with Gasteiger partial charge in [0.25, 0.3) is 0 Å². The van der Waals surface area contributed by atoms with E-state index in [0.717, 1.165) is 49.2 Å². The van der Waals surface area contributed by atoms with Crippen molar-refractivity contribution in [3.05, 3.63) is 112 Å². The van der Waals surface area contributed by atoms with Gasteiger partial charge in [0.15, 0.2) is 12.2 Å². The molecule has 0 saturated heterocycles. The number of aromatic nitrogens is 3. The van der Waals surface area contributed by atoms with Gasteiger partial charge in [-0.25, -0.2) is 14.6 Å². The molecule has 0 fully saturated rings. The van der Waals surface area contributed by atoms with Gasteiger partial charge in [-0.2, -0.15) is 0 Å². The first-order chi connectivity index (χ1) is 23.8. The van der Waals surface area contributed by atoms with E-state index in [2.05, 4.69) is 21.0 Å². The molecule has 0 saturated carbocycles. The van der Waals surface area contributed by atoms with Gasteiger partial charge in [0, 0.05) is 65.4 Å². The first-order valence-corrected chi connectivity index (χ1v) is 17.5. The second-order valence-corrected chi connectivity index (χ2v) is 12.6. The van der Waals surface area contributed by atoms with Crippen LogP contribution >= 0.6 is 22.9 Å². The first kappa shape index (κ1) is 35.8.